The third-order valence-corrected chi connectivity index (χ3v) is 2.60. The molecular formula is C11H19N3O5. The van der Waals surface area contributed by atoms with Crippen LogP contribution in [0.25, 0.3) is 0 Å². The predicted molar refractivity (Wildman–Crippen MR) is 65.5 cm³/mol. The van der Waals surface area contributed by atoms with Gasteiger partial charge in [-0.15, -0.1) is 0 Å². The lowest BCUT2D eigenvalue weighted by atomic mass is 9.91. The number of carboxylic acid groups (broad SMARTS) is 1. The number of rotatable bonds is 8. The molecule has 0 spiro atoms. The van der Waals surface area contributed by atoms with Gasteiger partial charge in [0.1, 0.15) is 6.04 Å². The lowest BCUT2D eigenvalue weighted by molar-refractivity contribution is -0.142. The Balaban J connectivity index is 4.80. The number of aliphatic carboxylic acids is 1. The van der Waals surface area contributed by atoms with E-state index in [4.69, 9.17) is 16.6 Å². The number of carbonyl (C=O) groups is 4. The zero-order valence-electron chi connectivity index (χ0n) is 10.9. The van der Waals surface area contributed by atoms with Gasteiger partial charge in [-0.05, 0) is 5.92 Å². The fourth-order valence-corrected chi connectivity index (χ4v) is 1.52. The highest BCUT2D eigenvalue weighted by atomic mass is 16.4. The van der Waals surface area contributed by atoms with Gasteiger partial charge in [-0.2, -0.15) is 0 Å². The van der Waals surface area contributed by atoms with E-state index in [1.807, 2.05) is 0 Å². The highest BCUT2D eigenvalue weighted by Gasteiger charge is 2.29. The summed E-state index contributed by atoms with van der Waals surface area (Å²) >= 11 is 0. The maximum absolute atomic E-state index is 11.9. The summed E-state index contributed by atoms with van der Waals surface area (Å²) in [6.07, 6.45) is -0.787. The number of carbonyl (C=O) groups excluding carboxylic acids is 3. The van der Waals surface area contributed by atoms with Gasteiger partial charge in [0, 0.05) is 0 Å². The van der Waals surface area contributed by atoms with Gasteiger partial charge in [-0.25, -0.2) is 0 Å². The van der Waals surface area contributed by atoms with Crippen LogP contribution >= 0.6 is 0 Å². The average Bonchev–Trinajstić information content (AvgIpc) is 2.23. The topological polar surface area (TPSA) is 153 Å². The molecule has 108 valence electrons. The van der Waals surface area contributed by atoms with E-state index in [-0.39, 0.29) is 12.3 Å². The Kier molecular flexibility index (Phi) is 6.53. The maximum atomic E-state index is 11.9. The Hall–Kier alpha value is -2.12. The van der Waals surface area contributed by atoms with Crippen LogP contribution in [-0.2, 0) is 19.2 Å². The van der Waals surface area contributed by atoms with E-state index in [2.05, 4.69) is 5.32 Å². The van der Waals surface area contributed by atoms with Crippen molar-refractivity contribution in [1.82, 2.24) is 5.32 Å². The summed E-state index contributed by atoms with van der Waals surface area (Å²) in [5, 5.41) is 11.0. The first-order valence-corrected chi connectivity index (χ1v) is 5.75. The monoisotopic (exact) mass is 273 g/mol. The molecular weight excluding hydrogens is 254 g/mol. The molecule has 1 unspecified atom stereocenters. The van der Waals surface area contributed by atoms with Crippen LogP contribution in [0.4, 0.5) is 0 Å². The minimum atomic E-state index is -1.22. The Bertz CT molecular complexity index is 381. The van der Waals surface area contributed by atoms with Gasteiger partial charge in [-0.1, -0.05) is 13.8 Å². The molecule has 0 aromatic carbocycles. The maximum Gasteiger partial charge on any atom is 0.304 e. The van der Waals surface area contributed by atoms with E-state index in [1.54, 1.807) is 13.8 Å². The lowest BCUT2D eigenvalue weighted by Gasteiger charge is -2.21. The highest BCUT2D eigenvalue weighted by Crippen LogP contribution is 2.15. The molecule has 8 nitrogen and oxygen atoms in total. The van der Waals surface area contributed by atoms with Gasteiger partial charge >= 0.3 is 5.97 Å². The number of nitrogens with two attached hydrogens (primary N) is 2. The first-order chi connectivity index (χ1) is 8.65. The fraction of sp³-hybridized carbons (Fsp3) is 0.636. The van der Waals surface area contributed by atoms with Gasteiger partial charge in [0.25, 0.3) is 0 Å². The summed E-state index contributed by atoms with van der Waals surface area (Å²) in [4.78, 5) is 44.4. The SMILES string of the molecule is CC(C)C(CC(=O)O)C(=O)N[C@@H](CC(N)=O)C(N)=O. The minimum Gasteiger partial charge on any atom is -0.481 e. The van der Waals surface area contributed by atoms with E-state index in [9.17, 15) is 19.2 Å². The van der Waals surface area contributed by atoms with Crippen LogP contribution in [0.5, 0.6) is 0 Å². The van der Waals surface area contributed by atoms with E-state index >= 15 is 0 Å². The Morgan fingerprint density at radius 2 is 1.63 bits per heavy atom. The molecule has 0 aromatic rings. The van der Waals surface area contributed by atoms with Crippen molar-refractivity contribution >= 4 is 23.7 Å². The standard InChI is InChI=1S/C11H19N3O5/c1-5(2)6(3-9(16)17)11(19)14-7(10(13)18)4-8(12)15/h5-7H,3-4H2,1-2H3,(H2,12,15)(H2,13,18)(H,14,19)(H,16,17)/t6?,7-/m0/s1. The van der Waals surface area contributed by atoms with Crippen molar-refractivity contribution in [3.63, 3.8) is 0 Å². The number of amides is 3. The largest absolute Gasteiger partial charge is 0.481 e. The molecule has 2 atom stereocenters. The Morgan fingerprint density at radius 3 is 1.95 bits per heavy atom. The molecule has 8 heteroatoms. The van der Waals surface area contributed by atoms with Gasteiger partial charge in [0.2, 0.25) is 17.7 Å². The highest BCUT2D eigenvalue weighted by molar-refractivity contribution is 5.92. The first-order valence-electron chi connectivity index (χ1n) is 5.75. The van der Waals surface area contributed by atoms with Crippen molar-refractivity contribution in [1.29, 1.82) is 0 Å². The normalized spacial score (nSPS) is 13.6. The Labute approximate surface area is 110 Å². The quantitative estimate of drug-likeness (QED) is 0.427. The van der Waals surface area contributed by atoms with Crippen LogP contribution in [0.1, 0.15) is 26.7 Å². The molecule has 0 bridgehead atoms. The van der Waals surface area contributed by atoms with Crippen LogP contribution in [-0.4, -0.2) is 34.8 Å². The second-order valence-electron chi connectivity index (χ2n) is 4.58. The Morgan fingerprint density at radius 1 is 1.11 bits per heavy atom. The van der Waals surface area contributed by atoms with Gasteiger partial charge in [0.05, 0.1) is 18.8 Å². The smallest absolute Gasteiger partial charge is 0.304 e. The molecule has 0 rings (SSSR count). The summed E-state index contributed by atoms with van der Waals surface area (Å²) in [6, 6.07) is -1.22. The zero-order chi connectivity index (χ0) is 15.2. The number of nitrogens with one attached hydrogen (secondary N) is 1. The molecule has 0 saturated carbocycles. The summed E-state index contributed by atoms with van der Waals surface area (Å²) in [7, 11) is 0. The lowest BCUT2D eigenvalue weighted by Crippen LogP contribution is -2.49. The van der Waals surface area contributed by atoms with Crippen molar-refractivity contribution in [2.75, 3.05) is 0 Å². The van der Waals surface area contributed by atoms with Gasteiger partial charge < -0.3 is 21.9 Å². The van der Waals surface area contributed by atoms with E-state index in [1.165, 1.54) is 0 Å². The molecule has 0 aliphatic heterocycles. The van der Waals surface area contributed by atoms with Crippen molar-refractivity contribution < 1.29 is 24.3 Å². The molecule has 3 amide bonds. The summed E-state index contributed by atoms with van der Waals surface area (Å²) in [5.74, 6) is -4.50. The zero-order valence-corrected chi connectivity index (χ0v) is 10.9. The molecule has 0 aromatic heterocycles. The third kappa shape index (κ3) is 6.39. The molecule has 0 saturated heterocycles. The van der Waals surface area contributed by atoms with Crippen molar-refractivity contribution in [2.24, 2.45) is 23.3 Å². The van der Waals surface area contributed by atoms with Gasteiger partial charge in [0.15, 0.2) is 0 Å². The minimum absolute atomic E-state index is 0.238. The third-order valence-electron chi connectivity index (χ3n) is 2.60. The van der Waals surface area contributed by atoms with E-state index in [0.717, 1.165) is 0 Å². The van der Waals surface area contributed by atoms with Crippen LogP contribution in [0.15, 0.2) is 0 Å². The fourth-order valence-electron chi connectivity index (χ4n) is 1.52. The predicted octanol–water partition coefficient (Wildman–Crippen LogP) is -1.42. The van der Waals surface area contributed by atoms with Crippen molar-refractivity contribution in [3.05, 3.63) is 0 Å². The average molecular weight is 273 g/mol. The number of hydrogen-bond acceptors (Lipinski definition) is 4. The van der Waals surface area contributed by atoms with Crippen molar-refractivity contribution in [3.8, 4) is 0 Å². The molecule has 0 aliphatic rings. The second kappa shape index (κ2) is 7.34. The molecule has 0 heterocycles. The molecule has 6 N–H and O–H groups in total. The van der Waals surface area contributed by atoms with Crippen LogP contribution < -0.4 is 16.8 Å². The molecule has 0 aliphatic carbocycles. The van der Waals surface area contributed by atoms with E-state index < -0.39 is 42.1 Å². The summed E-state index contributed by atoms with van der Waals surface area (Å²) in [6.45, 7) is 3.36. The van der Waals surface area contributed by atoms with E-state index in [0.29, 0.717) is 0 Å². The molecule has 19 heavy (non-hydrogen) atoms. The van der Waals surface area contributed by atoms with Crippen molar-refractivity contribution in [2.45, 2.75) is 32.7 Å². The van der Waals surface area contributed by atoms with Crippen LogP contribution in [0, 0.1) is 11.8 Å². The summed E-state index contributed by atoms with van der Waals surface area (Å²) in [5.41, 5.74) is 9.96. The van der Waals surface area contributed by atoms with Crippen LogP contribution in [0.2, 0.25) is 0 Å². The molecule has 0 fully saturated rings. The number of carboxylic acids is 1. The number of primary amides is 2. The second-order valence-corrected chi connectivity index (χ2v) is 4.58. The molecule has 0 radical (unpaired) electrons. The first kappa shape index (κ1) is 16.9. The number of hydrogen-bond donors (Lipinski definition) is 4. The van der Waals surface area contributed by atoms with Crippen LogP contribution in [0.3, 0.4) is 0 Å². The van der Waals surface area contributed by atoms with Gasteiger partial charge in [-0.3, -0.25) is 19.2 Å². The summed E-state index contributed by atoms with van der Waals surface area (Å²) < 4.78 is 0.